The molecule has 1 amide bonds. The third kappa shape index (κ3) is 6.91. The molecule has 12 heteroatoms. The summed E-state index contributed by atoms with van der Waals surface area (Å²) in [5, 5.41) is 6.81. The van der Waals surface area contributed by atoms with Gasteiger partial charge in [0.1, 0.15) is 5.69 Å². The largest absolute Gasteiger partial charge is 0.416 e. The molecule has 0 bridgehead atoms. The number of anilines is 1. The van der Waals surface area contributed by atoms with Crippen molar-refractivity contribution in [2.45, 2.75) is 31.6 Å². The summed E-state index contributed by atoms with van der Waals surface area (Å²) in [4.78, 5) is 28.3. The van der Waals surface area contributed by atoms with Gasteiger partial charge in [0.2, 0.25) is 0 Å². The number of rotatable bonds is 5. The summed E-state index contributed by atoms with van der Waals surface area (Å²) in [6.07, 6.45) is 3.42. The topological polar surface area (TPSA) is 81.9 Å². The van der Waals surface area contributed by atoms with Crippen molar-refractivity contribution in [2.75, 3.05) is 51.6 Å². The van der Waals surface area contributed by atoms with Crippen LogP contribution >= 0.6 is 0 Å². The summed E-state index contributed by atoms with van der Waals surface area (Å²) in [6, 6.07) is 9.61. The fourth-order valence-electron chi connectivity index (χ4n) is 5.81. The number of hydrogen-bond acceptors (Lipinski definition) is 7. The summed E-state index contributed by atoms with van der Waals surface area (Å²) in [7, 11) is 2.13. The number of likely N-dealkylation sites (tertiary alicyclic amines) is 1. The summed E-state index contributed by atoms with van der Waals surface area (Å²) in [5.41, 5.74) is 1.38. The quantitative estimate of drug-likeness (QED) is 0.346. The number of carbonyl (C=O) groups excluding carboxylic acids is 1. The number of likely N-dealkylation sites (N-methyl/N-ethyl adjacent to an activating group) is 1. The first-order valence-corrected chi connectivity index (χ1v) is 14.7. The number of fused-ring (bicyclic) bond motifs is 1. The number of pyridine rings is 1. The lowest BCUT2D eigenvalue weighted by atomic mass is 10.00. The van der Waals surface area contributed by atoms with Gasteiger partial charge in [-0.3, -0.25) is 19.6 Å². The Morgan fingerprint density at radius 2 is 1.80 bits per heavy atom. The molecule has 2 fully saturated rings. The number of aromatic nitrogens is 4. The van der Waals surface area contributed by atoms with Crippen molar-refractivity contribution < 1.29 is 18.0 Å². The third-order valence-electron chi connectivity index (χ3n) is 8.29. The average molecular weight is 603 g/mol. The van der Waals surface area contributed by atoms with Crippen LogP contribution in [0.1, 0.15) is 45.6 Å². The summed E-state index contributed by atoms with van der Waals surface area (Å²) < 4.78 is 44.1. The Balaban J connectivity index is 1.11. The molecule has 2 aliphatic rings. The predicted octanol–water partition coefficient (Wildman–Crippen LogP) is 4.01. The fraction of sp³-hybridized carbons (Fsp3) is 0.375. The second-order valence-corrected chi connectivity index (χ2v) is 11.3. The van der Waals surface area contributed by atoms with Gasteiger partial charge in [0.05, 0.1) is 17.3 Å². The Kier molecular flexibility index (Phi) is 8.61. The number of nitrogens with one attached hydrogen (secondary N) is 1. The molecular formula is C32H33F3N8O. The van der Waals surface area contributed by atoms with Crippen molar-refractivity contribution in [3.05, 3.63) is 89.1 Å². The number of carbonyl (C=O) groups is 1. The minimum Gasteiger partial charge on any atom is -0.322 e. The standard InChI is InChI=1S/C32H33F3N8O/c1-40-13-15-42(16-14-40)27-8-11-41(12-9-27)22-24-5-6-26(18-29(24)32(33,34)35)39-31(44)25-17-23(19-36-20-25)4-7-28-21-37-30-3-2-10-38-43(28)30/h2-3,5-6,10,17-21,27H,8-9,11-16,22H2,1H3,(H,39,44). The van der Waals surface area contributed by atoms with Gasteiger partial charge in [-0.15, -0.1) is 0 Å². The Bertz CT molecular complexity index is 1690. The van der Waals surface area contributed by atoms with Crippen molar-refractivity contribution in [1.82, 2.24) is 34.3 Å². The van der Waals surface area contributed by atoms with Crippen LogP contribution in [0.5, 0.6) is 0 Å². The van der Waals surface area contributed by atoms with Gasteiger partial charge in [-0.25, -0.2) is 9.50 Å². The highest BCUT2D eigenvalue weighted by molar-refractivity contribution is 6.04. The molecule has 2 aliphatic heterocycles. The lowest BCUT2D eigenvalue weighted by Crippen LogP contribution is -2.52. The average Bonchev–Trinajstić information content (AvgIpc) is 3.44. The van der Waals surface area contributed by atoms with Gasteiger partial charge in [-0.2, -0.15) is 18.3 Å². The van der Waals surface area contributed by atoms with E-state index in [1.165, 1.54) is 30.6 Å². The summed E-state index contributed by atoms with van der Waals surface area (Å²) >= 11 is 0. The normalized spacial score (nSPS) is 17.4. The molecule has 4 aromatic rings. The van der Waals surface area contributed by atoms with E-state index < -0.39 is 17.6 Å². The van der Waals surface area contributed by atoms with E-state index in [4.69, 9.17) is 0 Å². The second kappa shape index (κ2) is 12.7. The molecule has 0 aliphatic carbocycles. The molecule has 0 unspecified atom stereocenters. The molecule has 1 aromatic carbocycles. The lowest BCUT2D eigenvalue weighted by molar-refractivity contribution is -0.138. The summed E-state index contributed by atoms with van der Waals surface area (Å²) in [5.74, 6) is 5.33. The number of alkyl halides is 3. The van der Waals surface area contributed by atoms with Crippen molar-refractivity contribution in [2.24, 2.45) is 0 Å². The minimum atomic E-state index is -4.56. The SMILES string of the molecule is CN1CCN(C2CCN(Cc3ccc(NC(=O)c4cncc(C#Cc5cnc6cccnn56)c4)cc3C(F)(F)F)CC2)CC1. The van der Waals surface area contributed by atoms with Crippen LogP contribution in [-0.4, -0.2) is 92.5 Å². The van der Waals surface area contributed by atoms with E-state index >= 15 is 0 Å². The molecule has 228 valence electrons. The maximum absolute atomic E-state index is 14.2. The van der Waals surface area contributed by atoms with Crippen molar-refractivity contribution in [1.29, 1.82) is 0 Å². The maximum atomic E-state index is 14.2. The minimum absolute atomic E-state index is 0.0631. The zero-order chi connectivity index (χ0) is 30.7. The maximum Gasteiger partial charge on any atom is 0.416 e. The van der Waals surface area contributed by atoms with Crippen molar-refractivity contribution in [3.63, 3.8) is 0 Å². The van der Waals surface area contributed by atoms with Gasteiger partial charge < -0.3 is 10.2 Å². The molecule has 2 saturated heterocycles. The van der Waals surface area contributed by atoms with Crippen LogP contribution < -0.4 is 5.32 Å². The molecule has 6 rings (SSSR count). The molecule has 44 heavy (non-hydrogen) atoms. The van der Waals surface area contributed by atoms with E-state index in [2.05, 4.69) is 54.0 Å². The number of nitrogens with zero attached hydrogens (tertiary/aromatic N) is 7. The lowest BCUT2D eigenvalue weighted by Gasteiger charge is -2.42. The van der Waals surface area contributed by atoms with Gasteiger partial charge in [-0.05, 0) is 74.8 Å². The smallest absolute Gasteiger partial charge is 0.322 e. The van der Waals surface area contributed by atoms with Crippen LogP contribution in [0.25, 0.3) is 5.65 Å². The van der Waals surface area contributed by atoms with E-state index in [1.807, 2.05) is 0 Å². The fourth-order valence-corrected chi connectivity index (χ4v) is 5.81. The van der Waals surface area contributed by atoms with E-state index in [0.29, 0.717) is 22.9 Å². The van der Waals surface area contributed by atoms with Crippen LogP contribution in [0, 0.1) is 11.8 Å². The molecule has 5 heterocycles. The Labute approximate surface area is 253 Å². The van der Waals surface area contributed by atoms with E-state index in [0.717, 1.165) is 58.2 Å². The van der Waals surface area contributed by atoms with Gasteiger partial charge in [-0.1, -0.05) is 12.0 Å². The predicted molar refractivity (Wildman–Crippen MR) is 160 cm³/mol. The molecule has 0 radical (unpaired) electrons. The second-order valence-electron chi connectivity index (χ2n) is 11.3. The number of benzene rings is 1. The highest BCUT2D eigenvalue weighted by Gasteiger charge is 2.35. The van der Waals surface area contributed by atoms with Gasteiger partial charge in [0.15, 0.2) is 5.65 Å². The first-order valence-electron chi connectivity index (χ1n) is 14.7. The molecule has 0 atom stereocenters. The van der Waals surface area contributed by atoms with Gasteiger partial charge in [0, 0.05) is 68.6 Å². The zero-order valence-corrected chi connectivity index (χ0v) is 24.4. The highest BCUT2D eigenvalue weighted by Crippen LogP contribution is 2.35. The van der Waals surface area contributed by atoms with Crippen molar-refractivity contribution >= 4 is 17.2 Å². The van der Waals surface area contributed by atoms with Gasteiger partial charge in [0.25, 0.3) is 5.91 Å². The molecule has 0 spiro atoms. The first-order chi connectivity index (χ1) is 21.2. The zero-order valence-electron chi connectivity index (χ0n) is 24.4. The summed E-state index contributed by atoms with van der Waals surface area (Å²) in [6.45, 7) is 5.92. The number of hydrogen-bond donors (Lipinski definition) is 1. The molecule has 0 saturated carbocycles. The van der Waals surface area contributed by atoms with Crippen LogP contribution in [0.4, 0.5) is 18.9 Å². The van der Waals surface area contributed by atoms with E-state index in [-0.39, 0.29) is 23.4 Å². The number of piperidine rings is 1. The Morgan fingerprint density at radius 3 is 2.57 bits per heavy atom. The number of halogens is 3. The van der Waals surface area contributed by atoms with Crippen LogP contribution in [-0.2, 0) is 12.7 Å². The van der Waals surface area contributed by atoms with Crippen LogP contribution in [0.15, 0.2) is 61.2 Å². The highest BCUT2D eigenvalue weighted by atomic mass is 19.4. The number of imidazole rings is 1. The molecular weight excluding hydrogens is 569 g/mol. The third-order valence-corrected chi connectivity index (χ3v) is 8.29. The van der Waals surface area contributed by atoms with Crippen LogP contribution in [0.2, 0.25) is 0 Å². The van der Waals surface area contributed by atoms with E-state index in [1.54, 1.807) is 29.0 Å². The van der Waals surface area contributed by atoms with Gasteiger partial charge >= 0.3 is 6.18 Å². The monoisotopic (exact) mass is 602 g/mol. The van der Waals surface area contributed by atoms with Crippen molar-refractivity contribution in [3.8, 4) is 11.8 Å². The molecule has 1 N–H and O–H groups in total. The van der Waals surface area contributed by atoms with Crippen LogP contribution in [0.3, 0.4) is 0 Å². The first kappa shape index (κ1) is 29.7. The Hall–Kier alpha value is -4.31. The number of piperazine rings is 1. The number of amides is 1. The molecule has 9 nitrogen and oxygen atoms in total. The van der Waals surface area contributed by atoms with E-state index in [9.17, 15) is 18.0 Å². The molecule has 3 aromatic heterocycles. The Morgan fingerprint density at radius 1 is 1.00 bits per heavy atom.